The van der Waals surface area contributed by atoms with Crippen molar-refractivity contribution in [1.29, 1.82) is 0 Å². The fourth-order valence-electron chi connectivity index (χ4n) is 2.48. The van der Waals surface area contributed by atoms with Gasteiger partial charge in [-0.3, -0.25) is 4.79 Å². The molecule has 4 nitrogen and oxygen atoms in total. The highest BCUT2D eigenvalue weighted by Gasteiger charge is 2.15. The Morgan fingerprint density at radius 3 is 2.72 bits per heavy atom. The summed E-state index contributed by atoms with van der Waals surface area (Å²) in [5.41, 5.74) is 1.48. The Morgan fingerprint density at radius 2 is 1.96 bits per heavy atom. The van der Waals surface area contributed by atoms with Crippen LogP contribution in [0.1, 0.15) is 24.1 Å². The summed E-state index contributed by atoms with van der Waals surface area (Å²) in [6.45, 7) is 2.93. The SMILES string of the molecule is CC(NC(=O)/C=C/c1ccc(F)cc1Cl)c1ccc2c(c1)OCCO2. The molecule has 0 fully saturated rings. The zero-order valence-corrected chi connectivity index (χ0v) is 14.3. The summed E-state index contributed by atoms with van der Waals surface area (Å²) in [6, 6.07) is 9.39. The number of hydrogen-bond donors (Lipinski definition) is 1. The predicted molar refractivity (Wildman–Crippen MR) is 94.4 cm³/mol. The lowest BCUT2D eigenvalue weighted by atomic mass is 10.1. The molecule has 0 saturated carbocycles. The molecule has 25 heavy (non-hydrogen) atoms. The van der Waals surface area contributed by atoms with Gasteiger partial charge in [-0.05, 0) is 48.4 Å². The fraction of sp³-hybridized carbons (Fsp3) is 0.211. The number of rotatable bonds is 4. The van der Waals surface area contributed by atoms with E-state index in [1.807, 2.05) is 25.1 Å². The molecule has 1 atom stereocenters. The third-order valence-electron chi connectivity index (χ3n) is 3.80. The molecule has 1 unspecified atom stereocenters. The van der Waals surface area contributed by atoms with Crippen LogP contribution in [0.15, 0.2) is 42.5 Å². The van der Waals surface area contributed by atoms with Gasteiger partial charge in [0, 0.05) is 6.08 Å². The second kappa shape index (κ2) is 7.57. The maximum Gasteiger partial charge on any atom is 0.244 e. The van der Waals surface area contributed by atoms with Gasteiger partial charge in [0.05, 0.1) is 11.1 Å². The van der Waals surface area contributed by atoms with Crippen LogP contribution in [0.25, 0.3) is 6.08 Å². The van der Waals surface area contributed by atoms with Gasteiger partial charge in [0.15, 0.2) is 11.5 Å². The molecule has 3 rings (SSSR count). The minimum Gasteiger partial charge on any atom is -0.486 e. The first-order chi connectivity index (χ1) is 12.0. The number of nitrogens with one attached hydrogen (secondary N) is 1. The molecular formula is C19H17ClFNO3. The normalized spacial score (nSPS) is 14.4. The third kappa shape index (κ3) is 4.31. The Balaban J connectivity index is 1.65. The third-order valence-corrected chi connectivity index (χ3v) is 4.13. The smallest absolute Gasteiger partial charge is 0.244 e. The van der Waals surface area contributed by atoms with Crippen LogP contribution in [-0.2, 0) is 4.79 Å². The highest BCUT2D eigenvalue weighted by atomic mass is 35.5. The van der Waals surface area contributed by atoms with Crippen LogP contribution < -0.4 is 14.8 Å². The lowest BCUT2D eigenvalue weighted by Gasteiger charge is -2.20. The number of carbonyl (C=O) groups is 1. The van der Waals surface area contributed by atoms with Crippen LogP contribution in [0.2, 0.25) is 5.02 Å². The summed E-state index contributed by atoms with van der Waals surface area (Å²) in [7, 11) is 0. The molecule has 1 aliphatic rings. The minimum atomic E-state index is -0.418. The van der Waals surface area contributed by atoms with Gasteiger partial charge in [0.2, 0.25) is 5.91 Å². The lowest BCUT2D eigenvalue weighted by molar-refractivity contribution is -0.117. The maximum atomic E-state index is 13.0. The largest absolute Gasteiger partial charge is 0.486 e. The number of hydrogen-bond acceptors (Lipinski definition) is 3. The monoisotopic (exact) mass is 361 g/mol. The summed E-state index contributed by atoms with van der Waals surface area (Å²) in [6.07, 6.45) is 2.92. The van der Waals surface area contributed by atoms with E-state index in [0.29, 0.717) is 30.3 Å². The molecule has 1 heterocycles. The van der Waals surface area contributed by atoms with Crippen molar-refractivity contribution >= 4 is 23.6 Å². The molecule has 2 aromatic carbocycles. The van der Waals surface area contributed by atoms with Crippen LogP contribution in [0.3, 0.4) is 0 Å². The number of carbonyl (C=O) groups excluding carboxylic acids is 1. The van der Waals surface area contributed by atoms with Crippen LogP contribution in [-0.4, -0.2) is 19.1 Å². The standard InChI is InChI=1S/C19H17ClFNO3/c1-12(14-3-6-17-18(10-14)25-9-8-24-17)22-19(23)7-4-13-2-5-15(21)11-16(13)20/h2-7,10-12H,8-9H2,1H3,(H,22,23)/b7-4+. The first-order valence-corrected chi connectivity index (χ1v) is 8.24. The highest BCUT2D eigenvalue weighted by Crippen LogP contribution is 2.32. The Kier molecular flexibility index (Phi) is 5.24. The van der Waals surface area contributed by atoms with Crippen molar-refractivity contribution in [2.45, 2.75) is 13.0 Å². The Hall–Kier alpha value is -2.53. The molecule has 1 aliphatic heterocycles. The zero-order chi connectivity index (χ0) is 17.8. The summed E-state index contributed by atoms with van der Waals surface area (Å²) < 4.78 is 24.1. The van der Waals surface area contributed by atoms with E-state index in [9.17, 15) is 9.18 Å². The molecule has 0 spiro atoms. The molecular weight excluding hydrogens is 345 g/mol. The van der Waals surface area contributed by atoms with Gasteiger partial charge in [-0.25, -0.2) is 4.39 Å². The van der Waals surface area contributed by atoms with Crippen molar-refractivity contribution in [2.24, 2.45) is 0 Å². The second-order valence-corrected chi connectivity index (χ2v) is 6.04. The van der Waals surface area contributed by atoms with Gasteiger partial charge >= 0.3 is 0 Å². The molecule has 0 bridgehead atoms. The summed E-state index contributed by atoms with van der Waals surface area (Å²) in [5, 5.41) is 3.12. The van der Waals surface area contributed by atoms with Gasteiger partial charge in [0.25, 0.3) is 0 Å². The first kappa shape index (κ1) is 17.3. The van der Waals surface area contributed by atoms with Crippen LogP contribution in [0.4, 0.5) is 4.39 Å². The van der Waals surface area contributed by atoms with Crippen molar-refractivity contribution in [3.05, 3.63) is 64.4 Å². The van der Waals surface area contributed by atoms with E-state index in [0.717, 1.165) is 5.56 Å². The van der Waals surface area contributed by atoms with Crippen molar-refractivity contribution in [3.8, 4) is 11.5 Å². The molecule has 130 valence electrons. The second-order valence-electron chi connectivity index (χ2n) is 5.63. The number of fused-ring (bicyclic) bond motifs is 1. The quantitative estimate of drug-likeness (QED) is 0.832. The number of benzene rings is 2. The van der Waals surface area contributed by atoms with E-state index >= 15 is 0 Å². The first-order valence-electron chi connectivity index (χ1n) is 7.86. The topological polar surface area (TPSA) is 47.6 Å². The zero-order valence-electron chi connectivity index (χ0n) is 13.6. The molecule has 1 N–H and O–H groups in total. The summed E-state index contributed by atoms with van der Waals surface area (Å²) in [4.78, 5) is 12.1. The van der Waals surface area contributed by atoms with Crippen LogP contribution in [0, 0.1) is 5.82 Å². The Morgan fingerprint density at radius 1 is 1.20 bits per heavy atom. The maximum absolute atomic E-state index is 13.0. The fourth-order valence-corrected chi connectivity index (χ4v) is 2.71. The Bertz CT molecular complexity index is 822. The molecule has 0 saturated heterocycles. The average Bonchev–Trinajstić information content (AvgIpc) is 2.60. The summed E-state index contributed by atoms with van der Waals surface area (Å²) >= 11 is 5.93. The van der Waals surface area contributed by atoms with E-state index < -0.39 is 5.82 Å². The summed E-state index contributed by atoms with van der Waals surface area (Å²) in [5.74, 6) is 0.694. The van der Waals surface area contributed by atoms with E-state index in [-0.39, 0.29) is 17.0 Å². The van der Waals surface area contributed by atoms with Gasteiger partial charge in [-0.15, -0.1) is 0 Å². The van der Waals surface area contributed by atoms with Crippen molar-refractivity contribution < 1.29 is 18.7 Å². The number of halogens is 2. The number of amides is 1. The van der Waals surface area contributed by atoms with Crippen LogP contribution in [0.5, 0.6) is 11.5 Å². The van der Waals surface area contributed by atoms with Gasteiger partial charge in [0.1, 0.15) is 19.0 Å². The molecule has 0 aliphatic carbocycles. The van der Waals surface area contributed by atoms with Gasteiger partial charge in [-0.1, -0.05) is 23.7 Å². The predicted octanol–water partition coefficient (Wildman–Crippen LogP) is 4.14. The highest BCUT2D eigenvalue weighted by molar-refractivity contribution is 6.32. The average molecular weight is 362 g/mol. The van der Waals surface area contributed by atoms with Crippen LogP contribution >= 0.6 is 11.6 Å². The van der Waals surface area contributed by atoms with Crippen molar-refractivity contribution in [1.82, 2.24) is 5.32 Å². The molecule has 0 aromatic heterocycles. The lowest BCUT2D eigenvalue weighted by Crippen LogP contribution is -2.25. The Labute approximate surface area is 150 Å². The van der Waals surface area contributed by atoms with Gasteiger partial charge in [-0.2, -0.15) is 0 Å². The number of ether oxygens (including phenoxy) is 2. The minimum absolute atomic E-state index is 0.211. The molecule has 1 amide bonds. The van der Waals surface area contributed by atoms with E-state index in [1.165, 1.54) is 24.3 Å². The van der Waals surface area contributed by atoms with Crippen molar-refractivity contribution in [3.63, 3.8) is 0 Å². The molecule has 2 aromatic rings. The van der Waals surface area contributed by atoms with Crippen molar-refractivity contribution in [2.75, 3.05) is 13.2 Å². The van der Waals surface area contributed by atoms with E-state index in [1.54, 1.807) is 6.08 Å². The molecule has 0 radical (unpaired) electrons. The van der Waals surface area contributed by atoms with E-state index in [2.05, 4.69) is 5.32 Å². The van der Waals surface area contributed by atoms with E-state index in [4.69, 9.17) is 21.1 Å². The van der Waals surface area contributed by atoms with Gasteiger partial charge < -0.3 is 14.8 Å². The molecule has 6 heteroatoms.